The maximum Gasteiger partial charge on any atom is 0.397 e. The molecule has 14 heteroatoms. The van der Waals surface area contributed by atoms with Gasteiger partial charge in [-0.3, -0.25) is 4.72 Å². The van der Waals surface area contributed by atoms with Crippen LogP contribution in [0.25, 0.3) is 11.3 Å². The van der Waals surface area contributed by atoms with Crippen LogP contribution >= 0.6 is 0 Å². The molecule has 264 valence electrons. The highest BCUT2D eigenvalue weighted by Crippen LogP contribution is 2.38. The maximum atomic E-state index is 13.6. The number of hydrogen-bond donors (Lipinski definition) is 2. The van der Waals surface area contributed by atoms with E-state index in [0.717, 1.165) is 102 Å². The summed E-state index contributed by atoms with van der Waals surface area (Å²) in [6.45, 7) is 4.70. The van der Waals surface area contributed by atoms with Gasteiger partial charge in [-0.15, -0.1) is 0 Å². The third-order valence-electron chi connectivity index (χ3n) is 8.66. The Bertz CT molecular complexity index is 1640. The monoisotopic (exact) mass is 700 g/mol. The number of nitrogens with zero attached hydrogens (tertiary/aromatic N) is 4. The fourth-order valence-electron chi connectivity index (χ4n) is 5.66. The number of aliphatic imine (C=N–C) groups is 1. The molecule has 4 heterocycles. The second-order valence-corrected chi connectivity index (χ2v) is 14.2. The van der Waals surface area contributed by atoms with Crippen molar-refractivity contribution < 1.29 is 31.8 Å². The summed E-state index contributed by atoms with van der Waals surface area (Å²) in [5.41, 5.74) is 6.22. The summed E-state index contributed by atoms with van der Waals surface area (Å²) in [5, 5.41) is 0.381. The molecule has 0 radical (unpaired) electrons. The third kappa shape index (κ3) is 10.0. The van der Waals surface area contributed by atoms with Crippen molar-refractivity contribution in [3.8, 4) is 11.3 Å². The van der Waals surface area contributed by atoms with Crippen LogP contribution in [-0.2, 0) is 26.9 Å². The molecule has 0 aliphatic carbocycles. The molecule has 1 saturated heterocycles. The van der Waals surface area contributed by atoms with Gasteiger partial charge in [0.2, 0.25) is 0 Å². The van der Waals surface area contributed by atoms with E-state index >= 15 is 0 Å². The van der Waals surface area contributed by atoms with Crippen molar-refractivity contribution in [1.29, 1.82) is 0 Å². The van der Waals surface area contributed by atoms with E-state index in [1.54, 1.807) is 12.3 Å². The van der Waals surface area contributed by atoms with Gasteiger partial charge in [-0.25, -0.2) is 19.2 Å². The number of benzene rings is 1. The van der Waals surface area contributed by atoms with Gasteiger partial charge in [-0.1, -0.05) is 43.2 Å². The second kappa shape index (κ2) is 16.6. The van der Waals surface area contributed by atoms with E-state index in [0.29, 0.717) is 28.3 Å². The molecule has 1 aromatic carbocycles. The van der Waals surface area contributed by atoms with Gasteiger partial charge in [0.15, 0.2) is 33.4 Å². The van der Waals surface area contributed by atoms with Crippen LogP contribution in [-0.4, -0.2) is 59.5 Å². The second-order valence-electron chi connectivity index (χ2n) is 13.1. The van der Waals surface area contributed by atoms with Crippen LogP contribution in [0, 0.1) is 11.3 Å². The molecule has 2 aromatic heterocycles. The Kier molecular flexibility index (Phi) is 12.3. The number of fused-ring (bicyclic) bond motifs is 6. The average Bonchev–Trinajstić information content (AvgIpc) is 3.09. The van der Waals surface area contributed by atoms with E-state index in [4.69, 9.17) is 25.2 Å². The Labute approximate surface area is 288 Å². The zero-order valence-corrected chi connectivity index (χ0v) is 28.8. The summed E-state index contributed by atoms with van der Waals surface area (Å²) >= 11 is 0. The van der Waals surface area contributed by atoms with Crippen molar-refractivity contribution in [2.45, 2.75) is 70.0 Å². The molecule has 49 heavy (non-hydrogen) atoms. The van der Waals surface area contributed by atoms with Crippen LogP contribution in [0.2, 0.25) is 0 Å². The van der Waals surface area contributed by atoms with Crippen LogP contribution in [0.3, 0.4) is 0 Å². The number of H-pyrrole nitrogens is 1. The Morgan fingerprint density at radius 3 is 2.76 bits per heavy atom. The molecule has 0 spiro atoms. The Morgan fingerprint density at radius 1 is 1.14 bits per heavy atom. The molecule has 10 nitrogen and oxygen atoms in total. The van der Waals surface area contributed by atoms with Crippen LogP contribution < -0.4 is 20.3 Å². The summed E-state index contributed by atoms with van der Waals surface area (Å²) in [7, 11) is -1.72. The minimum atomic E-state index is -4.44. The predicted molar refractivity (Wildman–Crippen MR) is 185 cm³/mol. The molecule has 4 bridgehead atoms. The highest BCUT2D eigenvalue weighted by atomic mass is 32.2. The van der Waals surface area contributed by atoms with E-state index < -0.39 is 29.2 Å². The first kappa shape index (κ1) is 36.2. The van der Waals surface area contributed by atoms with Gasteiger partial charge < -0.3 is 20.1 Å². The van der Waals surface area contributed by atoms with Gasteiger partial charge in [-0.05, 0) is 74.6 Å². The van der Waals surface area contributed by atoms with Crippen molar-refractivity contribution in [2.24, 2.45) is 22.1 Å². The number of pyridine rings is 1. The number of hydrogen-bond acceptors (Lipinski definition) is 8. The van der Waals surface area contributed by atoms with E-state index in [1.165, 1.54) is 12.3 Å². The number of rotatable bonds is 7. The zero-order valence-electron chi connectivity index (χ0n) is 28.0. The van der Waals surface area contributed by atoms with E-state index in [9.17, 15) is 17.4 Å². The molecule has 2 atom stereocenters. The first-order valence-electron chi connectivity index (χ1n) is 16.7. The minimum absolute atomic E-state index is 0.206. The Hall–Kier alpha value is -4.04. The number of aromatic nitrogens is 3. The summed E-state index contributed by atoms with van der Waals surface area (Å²) in [6, 6.07) is 13.5. The van der Waals surface area contributed by atoms with E-state index in [-0.39, 0.29) is 5.88 Å². The lowest BCUT2D eigenvalue weighted by atomic mass is 9.94. The van der Waals surface area contributed by atoms with Crippen LogP contribution in [0.1, 0.15) is 57.9 Å². The van der Waals surface area contributed by atoms with Gasteiger partial charge in [0, 0.05) is 31.3 Å². The number of aryl methyl sites for hydroxylation is 1. The van der Waals surface area contributed by atoms with Gasteiger partial charge >= 0.3 is 12.0 Å². The van der Waals surface area contributed by atoms with Gasteiger partial charge in [-0.2, -0.15) is 13.2 Å². The molecule has 2 aliphatic heterocycles. The first-order valence-corrected chi connectivity index (χ1v) is 17.8. The summed E-state index contributed by atoms with van der Waals surface area (Å²) in [5.74, 6) is 1.71. The normalized spacial score (nSPS) is 19.9. The number of anilines is 2. The number of allylic oxidation sites excluding steroid dienone is 1. The van der Waals surface area contributed by atoms with E-state index in [1.807, 2.05) is 30.3 Å². The van der Waals surface area contributed by atoms with Gasteiger partial charge in [0.25, 0.3) is 0 Å². The maximum absolute atomic E-state index is 13.6. The average molecular weight is 701 g/mol. The number of alkyl halides is 3. The zero-order chi connectivity index (χ0) is 34.9. The lowest BCUT2D eigenvalue weighted by molar-refractivity contribution is -0.361. The Balaban J connectivity index is 1.42. The van der Waals surface area contributed by atoms with Crippen molar-refractivity contribution in [2.75, 3.05) is 42.5 Å². The fraction of sp³-hybridized carbons (Fsp3) is 0.486. The molecule has 2 aliphatic rings. The smallest absolute Gasteiger partial charge is 0.397 e. The topological polar surface area (TPSA) is 129 Å². The van der Waals surface area contributed by atoms with Gasteiger partial charge in [0.05, 0.1) is 12.0 Å². The summed E-state index contributed by atoms with van der Waals surface area (Å²) in [6.07, 6.45) is 6.84. The first-order chi connectivity index (χ1) is 23.5. The van der Waals surface area contributed by atoms with Crippen molar-refractivity contribution >= 4 is 34.7 Å². The van der Waals surface area contributed by atoms with Crippen LogP contribution in [0.15, 0.2) is 70.6 Å². The predicted octanol–water partition coefficient (Wildman–Crippen LogP) is 6.55. The minimum Gasteiger partial charge on any atom is -0.478 e. The molecule has 4 N–H and O–H groups in total. The molecule has 0 amide bonds. The molecule has 0 saturated carbocycles. The molecule has 1 fully saturated rings. The van der Waals surface area contributed by atoms with Crippen LogP contribution in [0.4, 0.5) is 30.6 Å². The lowest BCUT2D eigenvalue weighted by Gasteiger charge is -2.31. The summed E-state index contributed by atoms with van der Waals surface area (Å²) < 4.78 is 67.2. The third-order valence-corrected chi connectivity index (χ3v) is 9.66. The quantitative estimate of drug-likeness (QED) is 0.211. The van der Waals surface area contributed by atoms with Crippen molar-refractivity contribution in [3.63, 3.8) is 0 Å². The van der Waals surface area contributed by atoms with E-state index in [2.05, 4.69) is 25.7 Å². The molecular weight excluding hydrogens is 655 g/mol. The summed E-state index contributed by atoms with van der Waals surface area (Å²) in [4.78, 5) is 19.6. The SMILES string of the molecule is CC(C)(CO/C(N)=C/C=Nc1[nH+]cc2nc1-c1ccccc1CCCCCCN(C[C@H]1CCCOC1)c1cccc(n1)S(=O)N2)C(F)(F)F. The number of halogens is 3. The molecule has 3 aromatic rings. The van der Waals surface area contributed by atoms with Crippen molar-refractivity contribution in [1.82, 2.24) is 9.97 Å². The number of ether oxygens (including phenoxy) is 2. The van der Waals surface area contributed by atoms with Gasteiger partial charge in [0.1, 0.15) is 24.8 Å². The lowest BCUT2D eigenvalue weighted by Crippen LogP contribution is -2.36. The number of nitrogens with two attached hydrogens (primary N) is 1. The largest absolute Gasteiger partial charge is 0.478 e. The Morgan fingerprint density at radius 2 is 1.96 bits per heavy atom. The van der Waals surface area contributed by atoms with Crippen LogP contribution in [0.5, 0.6) is 0 Å². The molecule has 1 unspecified atom stereocenters. The highest BCUT2D eigenvalue weighted by Gasteiger charge is 2.48. The number of nitrogens with one attached hydrogen (secondary N) is 2. The standard InChI is InChI=1S/C35H44F3N7O3S/c1-34(2,35(36,37)38)24-48-28(39)17-18-40-33-32-27-14-7-6-13-26(27)12-5-3-4-8-19-45(22-25-11-10-20-47-23-25)30-15-9-16-31(43-30)49(46)44-29(42-32)21-41-33/h6-7,9,13-18,21,25H,3-5,8,10-12,19-20,22-24,39H2,1-2H3,(H,42,44)/p+1/b28-17+,40-18?/t25-,49?/m1/s1. The molecular formula is C35H45F3N7O3S+. The molecule has 5 rings (SSSR count). The fourth-order valence-corrected chi connectivity index (χ4v) is 6.44. The van der Waals surface area contributed by atoms with Crippen molar-refractivity contribution in [3.05, 3.63) is 66.2 Å². The number of aromatic amines is 1. The highest BCUT2D eigenvalue weighted by molar-refractivity contribution is 7.86.